The van der Waals surface area contributed by atoms with Crippen LogP contribution in [0.15, 0.2) is 18.2 Å². The maximum absolute atomic E-state index is 11.5. The molecule has 1 aliphatic heterocycles. The quantitative estimate of drug-likeness (QED) is 0.767. The highest BCUT2D eigenvalue weighted by Crippen LogP contribution is 2.25. The van der Waals surface area contributed by atoms with Crippen molar-refractivity contribution in [3.05, 3.63) is 34.9 Å². The van der Waals surface area contributed by atoms with Crippen molar-refractivity contribution in [2.24, 2.45) is 0 Å². The van der Waals surface area contributed by atoms with Gasteiger partial charge in [0.1, 0.15) is 0 Å². The van der Waals surface area contributed by atoms with Crippen LogP contribution in [0.3, 0.4) is 0 Å². The van der Waals surface area contributed by atoms with Gasteiger partial charge < -0.3 is 10.1 Å². The number of ether oxygens (including phenoxy) is 1. The number of nitrogens with one attached hydrogen (secondary N) is 1. The second-order valence-corrected chi connectivity index (χ2v) is 3.57. The maximum atomic E-state index is 11.5. The van der Waals surface area contributed by atoms with Crippen molar-refractivity contribution in [2.75, 3.05) is 13.7 Å². The SMILES string of the molecule is COCC1NC(=O)c2cc(C)ccc21. The largest absolute Gasteiger partial charge is 0.382 e. The molecule has 3 heteroatoms. The van der Waals surface area contributed by atoms with Crippen molar-refractivity contribution in [1.82, 2.24) is 5.32 Å². The zero-order chi connectivity index (χ0) is 10.1. The van der Waals surface area contributed by atoms with E-state index in [0.29, 0.717) is 6.61 Å². The van der Waals surface area contributed by atoms with Crippen molar-refractivity contribution in [1.29, 1.82) is 0 Å². The van der Waals surface area contributed by atoms with Crippen LogP contribution >= 0.6 is 0 Å². The van der Waals surface area contributed by atoms with E-state index in [1.54, 1.807) is 7.11 Å². The molecule has 1 aromatic rings. The molecule has 1 atom stereocenters. The number of hydrogen-bond donors (Lipinski definition) is 1. The van der Waals surface area contributed by atoms with Gasteiger partial charge in [0.25, 0.3) is 5.91 Å². The Balaban J connectivity index is 2.39. The van der Waals surface area contributed by atoms with Crippen LogP contribution in [-0.2, 0) is 4.74 Å². The van der Waals surface area contributed by atoms with Gasteiger partial charge in [-0.3, -0.25) is 4.79 Å². The van der Waals surface area contributed by atoms with E-state index < -0.39 is 0 Å². The molecule has 1 aliphatic rings. The van der Waals surface area contributed by atoms with E-state index in [-0.39, 0.29) is 11.9 Å². The summed E-state index contributed by atoms with van der Waals surface area (Å²) in [6, 6.07) is 5.94. The standard InChI is InChI=1S/C11H13NO2/c1-7-3-4-8-9(5-7)11(13)12-10(8)6-14-2/h3-5,10H,6H2,1-2H3,(H,12,13). The molecular formula is C11H13NO2. The molecule has 1 N–H and O–H groups in total. The number of rotatable bonds is 2. The molecular weight excluding hydrogens is 178 g/mol. The zero-order valence-electron chi connectivity index (χ0n) is 8.33. The minimum absolute atomic E-state index is 0.00532. The topological polar surface area (TPSA) is 38.3 Å². The minimum Gasteiger partial charge on any atom is -0.382 e. The predicted molar refractivity (Wildman–Crippen MR) is 53.3 cm³/mol. The Hall–Kier alpha value is -1.35. The third-order valence-corrected chi connectivity index (χ3v) is 2.47. The smallest absolute Gasteiger partial charge is 0.252 e. The molecule has 0 fully saturated rings. The normalized spacial score (nSPS) is 19.3. The number of methoxy groups -OCH3 is 1. The average Bonchev–Trinajstić information content (AvgIpc) is 2.44. The van der Waals surface area contributed by atoms with Crippen LogP contribution in [0.25, 0.3) is 0 Å². The molecule has 1 heterocycles. The Kier molecular flexibility index (Phi) is 2.25. The summed E-state index contributed by atoms with van der Waals surface area (Å²) in [5, 5.41) is 2.88. The van der Waals surface area contributed by atoms with Gasteiger partial charge in [-0.15, -0.1) is 0 Å². The highest BCUT2D eigenvalue weighted by Gasteiger charge is 2.27. The predicted octanol–water partition coefficient (Wildman–Crippen LogP) is 1.43. The van der Waals surface area contributed by atoms with Crippen LogP contribution < -0.4 is 5.32 Å². The number of benzene rings is 1. The Morgan fingerprint density at radius 2 is 2.29 bits per heavy atom. The van der Waals surface area contributed by atoms with Crippen molar-refractivity contribution in [3.63, 3.8) is 0 Å². The monoisotopic (exact) mass is 191 g/mol. The number of amides is 1. The van der Waals surface area contributed by atoms with Gasteiger partial charge in [0, 0.05) is 12.7 Å². The lowest BCUT2D eigenvalue weighted by atomic mass is 10.0. The zero-order valence-corrected chi connectivity index (χ0v) is 8.33. The van der Waals surface area contributed by atoms with E-state index in [1.165, 1.54) is 0 Å². The number of hydrogen-bond acceptors (Lipinski definition) is 2. The summed E-state index contributed by atoms with van der Waals surface area (Å²) < 4.78 is 5.05. The van der Waals surface area contributed by atoms with Gasteiger partial charge in [-0.1, -0.05) is 17.7 Å². The van der Waals surface area contributed by atoms with Crippen LogP contribution in [-0.4, -0.2) is 19.6 Å². The van der Waals surface area contributed by atoms with E-state index in [4.69, 9.17) is 4.74 Å². The molecule has 3 nitrogen and oxygen atoms in total. The molecule has 0 spiro atoms. The van der Waals surface area contributed by atoms with Gasteiger partial charge in [-0.25, -0.2) is 0 Å². The molecule has 0 bridgehead atoms. The molecule has 0 saturated carbocycles. The van der Waals surface area contributed by atoms with Gasteiger partial charge in [0.15, 0.2) is 0 Å². The Morgan fingerprint density at radius 3 is 3.00 bits per heavy atom. The third-order valence-electron chi connectivity index (χ3n) is 2.47. The van der Waals surface area contributed by atoms with Gasteiger partial charge in [-0.2, -0.15) is 0 Å². The first-order valence-electron chi connectivity index (χ1n) is 4.62. The van der Waals surface area contributed by atoms with Gasteiger partial charge >= 0.3 is 0 Å². The summed E-state index contributed by atoms with van der Waals surface area (Å²) in [6.45, 7) is 2.51. The van der Waals surface area contributed by atoms with E-state index in [1.807, 2.05) is 25.1 Å². The molecule has 2 rings (SSSR count). The maximum Gasteiger partial charge on any atom is 0.252 e. The Bertz CT molecular complexity index is 374. The van der Waals surface area contributed by atoms with Crippen molar-refractivity contribution in [2.45, 2.75) is 13.0 Å². The molecule has 14 heavy (non-hydrogen) atoms. The van der Waals surface area contributed by atoms with Crippen molar-refractivity contribution in [3.8, 4) is 0 Å². The Morgan fingerprint density at radius 1 is 1.50 bits per heavy atom. The lowest BCUT2D eigenvalue weighted by Gasteiger charge is -2.09. The first-order valence-corrected chi connectivity index (χ1v) is 4.62. The second kappa shape index (κ2) is 3.42. The molecule has 0 aliphatic carbocycles. The highest BCUT2D eigenvalue weighted by molar-refractivity contribution is 5.99. The van der Waals surface area contributed by atoms with Gasteiger partial charge in [-0.05, 0) is 18.6 Å². The number of aryl methyl sites for hydroxylation is 1. The van der Waals surface area contributed by atoms with Crippen LogP contribution in [0.5, 0.6) is 0 Å². The molecule has 1 unspecified atom stereocenters. The summed E-state index contributed by atoms with van der Waals surface area (Å²) >= 11 is 0. The second-order valence-electron chi connectivity index (χ2n) is 3.57. The molecule has 1 aromatic carbocycles. The summed E-state index contributed by atoms with van der Waals surface area (Å²) in [5.74, 6) is 0.00532. The number of fused-ring (bicyclic) bond motifs is 1. The number of carbonyl (C=O) groups excluding carboxylic acids is 1. The molecule has 74 valence electrons. The molecule has 1 amide bonds. The molecule has 0 radical (unpaired) electrons. The van der Waals surface area contributed by atoms with Crippen molar-refractivity contribution >= 4 is 5.91 Å². The fourth-order valence-corrected chi connectivity index (χ4v) is 1.78. The van der Waals surface area contributed by atoms with Crippen LogP contribution in [0, 0.1) is 6.92 Å². The van der Waals surface area contributed by atoms with E-state index in [9.17, 15) is 4.79 Å². The highest BCUT2D eigenvalue weighted by atomic mass is 16.5. The van der Waals surface area contributed by atoms with Crippen LogP contribution in [0.4, 0.5) is 0 Å². The Labute approximate surface area is 83.1 Å². The summed E-state index contributed by atoms with van der Waals surface area (Å²) in [4.78, 5) is 11.5. The first kappa shape index (κ1) is 9.21. The van der Waals surface area contributed by atoms with E-state index in [0.717, 1.165) is 16.7 Å². The summed E-state index contributed by atoms with van der Waals surface area (Å²) in [6.07, 6.45) is 0. The first-order chi connectivity index (χ1) is 6.72. The van der Waals surface area contributed by atoms with E-state index in [2.05, 4.69) is 5.32 Å². The lowest BCUT2D eigenvalue weighted by Crippen LogP contribution is -2.22. The lowest BCUT2D eigenvalue weighted by molar-refractivity contribution is 0.0928. The van der Waals surface area contributed by atoms with Gasteiger partial charge in [0.05, 0.1) is 12.6 Å². The minimum atomic E-state index is 0.00532. The van der Waals surface area contributed by atoms with Crippen LogP contribution in [0.1, 0.15) is 27.5 Å². The van der Waals surface area contributed by atoms with Crippen molar-refractivity contribution < 1.29 is 9.53 Å². The number of carbonyl (C=O) groups is 1. The fraction of sp³-hybridized carbons (Fsp3) is 0.364. The van der Waals surface area contributed by atoms with E-state index >= 15 is 0 Å². The molecule has 0 saturated heterocycles. The summed E-state index contributed by atoms with van der Waals surface area (Å²) in [5.41, 5.74) is 2.94. The third kappa shape index (κ3) is 1.40. The van der Waals surface area contributed by atoms with Gasteiger partial charge in [0.2, 0.25) is 0 Å². The fourth-order valence-electron chi connectivity index (χ4n) is 1.78. The summed E-state index contributed by atoms with van der Waals surface area (Å²) in [7, 11) is 1.64. The molecule has 0 aromatic heterocycles. The average molecular weight is 191 g/mol. The van der Waals surface area contributed by atoms with Crippen LogP contribution in [0.2, 0.25) is 0 Å².